The quantitative estimate of drug-likeness (QED) is 0.800. The summed E-state index contributed by atoms with van der Waals surface area (Å²) < 4.78 is 5.14. The van der Waals surface area contributed by atoms with Gasteiger partial charge in [-0.2, -0.15) is 0 Å². The maximum absolute atomic E-state index is 12.8. The molecular weight excluding hydrogens is 358 g/mol. The van der Waals surface area contributed by atoms with Crippen LogP contribution < -0.4 is 11.1 Å². The molecule has 28 heavy (non-hydrogen) atoms. The second kappa shape index (κ2) is 8.73. The first-order valence-electron chi connectivity index (χ1n) is 9.47. The van der Waals surface area contributed by atoms with Crippen molar-refractivity contribution in [2.24, 2.45) is 11.7 Å². The van der Waals surface area contributed by atoms with Crippen LogP contribution >= 0.6 is 0 Å². The summed E-state index contributed by atoms with van der Waals surface area (Å²) >= 11 is 0. The Morgan fingerprint density at radius 3 is 2.61 bits per heavy atom. The first kappa shape index (κ1) is 19.7. The number of likely N-dealkylation sites (tertiary alicyclic amines) is 1. The van der Waals surface area contributed by atoms with Gasteiger partial charge in [0.2, 0.25) is 5.91 Å². The fraction of sp³-hybridized carbons (Fsp3) is 0.381. The molecule has 7 nitrogen and oxygen atoms in total. The second-order valence-electron chi connectivity index (χ2n) is 7.19. The largest absolute Gasteiger partial charge is 0.469 e. The van der Waals surface area contributed by atoms with Crippen LogP contribution in [0.25, 0.3) is 0 Å². The molecular formula is C21H25N3O4. The van der Waals surface area contributed by atoms with E-state index in [9.17, 15) is 14.4 Å². The van der Waals surface area contributed by atoms with Crippen LogP contribution in [0.2, 0.25) is 0 Å². The van der Waals surface area contributed by atoms with Crippen molar-refractivity contribution in [3.8, 4) is 0 Å². The fourth-order valence-electron chi connectivity index (χ4n) is 3.53. The van der Waals surface area contributed by atoms with Gasteiger partial charge in [0, 0.05) is 30.8 Å². The molecule has 2 heterocycles. The molecule has 1 aliphatic rings. The van der Waals surface area contributed by atoms with Gasteiger partial charge in [0.25, 0.3) is 11.8 Å². The van der Waals surface area contributed by atoms with Crippen molar-refractivity contribution in [3.63, 3.8) is 0 Å². The molecule has 3 N–H and O–H groups in total. The Morgan fingerprint density at radius 1 is 1.21 bits per heavy atom. The second-order valence-corrected chi connectivity index (χ2v) is 7.19. The molecule has 1 saturated heterocycles. The van der Waals surface area contributed by atoms with Crippen LogP contribution in [0.3, 0.4) is 0 Å². The third-order valence-corrected chi connectivity index (χ3v) is 5.10. The summed E-state index contributed by atoms with van der Waals surface area (Å²) in [4.78, 5) is 37.8. The fourth-order valence-corrected chi connectivity index (χ4v) is 3.53. The average Bonchev–Trinajstić information content (AvgIpc) is 3.13. The number of hydrogen-bond donors (Lipinski definition) is 2. The standard InChI is InChI=1S/C21H25N3O4/c1-14-18(10-12-28-14)20(26)23-17-7-5-16(6-8-17)21(27)24-11-2-3-15(13-24)4-9-19(22)25/h5-8,10,12,15H,2-4,9,11,13H2,1H3,(H2,22,25)(H,23,26). The van der Waals surface area contributed by atoms with E-state index < -0.39 is 0 Å². The van der Waals surface area contributed by atoms with Crippen molar-refractivity contribution in [2.75, 3.05) is 18.4 Å². The minimum atomic E-state index is -0.299. The van der Waals surface area contributed by atoms with E-state index >= 15 is 0 Å². The zero-order valence-corrected chi connectivity index (χ0v) is 15.9. The van der Waals surface area contributed by atoms with E-state index in [0.717, 1.165) is 19.3 Å². The highest BCUT2D eigenvalue weighted by atomic mass is 16.3. The van der Waals surface area contributed by atoms with E-state index in [0.29, 0.717) is 48.0 Å². The van der Waals surface area contributed by atoms with Crippen LogP contribution in [0, 0.1) is 12.8 Å². The predicted octanol–water partition coefficient (Wildman–Crippen LogP) is 2.96. The van der Waals surface area contributed by atoms with Gasteiger partial charge in [-0.1, -0.05) is 0 Å². The molecule has 0 aliphatic carbocycles. The maximum atomic E-state index is 12.8. The van der Waals surface area contributed by atoms with Gasteiger partial charge in [-0.25, -0.2) is 0 Å². The Kier molecular flexibility index (Phi) is 6.13. The van der Waals surface area contributed by atoms with Crippen LogP contribution in [0.5, 0.6) is 0 Å². The molecule has 2 aromatic rings. The van der Waals surface area contributed by atoms with Crippen molar-refractivity contribution < 1.29 is 18.8 Å². The van der Waals surface area contributed by atoms with Crippen molar-refractivity contribution in [1.82, 2.24) is 4.90 Å². The molecule has 0 spiro atoms. The summed E-state index contributed by atoms with van der Waals surface area (Å²) in [6.07, 6.45) is 4.49. The van der Waals surface area contributed by atoms with Crippen molar-refractivity contribution >= 4 is 23.4 Å². The average molecular weight is 383 g/mol. The van der Waals surface area contributed by atoms with Crippen LogP contribution in [0.1, 0.15) is 52.2 Å². The third-order valence-electron chi connectivity index (χ3n) is 5.10. The number of rotatable bonds is 6. The monoisotopic (exact) mass is 383 g/mol. The minimum absolute atomic E-state index is 0.0349. The number of anilines is 1. The Morgan fingerprint density at radius 2 is 1.96 bits per heavy atom. The van der Waals surface area contributed by atoms with Gasteiger partial charge in [-0.3, -0.25) is 14.4 Å². The van der Waals surface area contributed by atoms with Gasteiger partial charge >= 0.3 is 0 Å². The molecule has 3 rings (SSSR count). The number of hydrogen-bond acceptors (Lipinski definition) is 4. The van der Waals surface area contributed by atoms with Gasteiger partial charge in [0.1, 0.15) is 5.76 Å². The normalized spacial score (nSPS) is 16.6. The topological polar surface area (TPSA) is 106 Å². The Hall–Kier alpha value is -3.09. The number of aryl methyl sites for hydroxylation is 1. The summed E-state index contributed by atoms with van der Waals surface area (Å²) in [6, 6.07) is 8.48. The van der Waals surface area contributed by atoms with E-state index in [4.69, 9.17) is 10.2 Å². The summed E-state index contributed by atoms with van der Waals surface area (Å²) in [5.74, 6) is 0.278. The molecule has 7 heteroatoms. The van der Waals surface area contributed by atoms with E-state index in [1.165, 1.54) is 6.26 Å². The van der Waals surface area contributed by atoms with Gasteiger partial charge < -0.3 is 20.4 Å². The maximum Gasteiger partial charge on any atom is 0.259 e. The first-order chi connectivity index (χ1) is 13.4. The molecule has 0 saturated carbocycles. The molecule has 1 fully saturated rings. The molecule has 1 aliphatic heterocycles. The first-order valence-corrected chi connectivity index (χ1v) is 9.47. The molecule has 3 amide bonds. The van der Waals surface area contributed by atoms with Crippen LogP contribution in [0.4, 0.5) is 5.69 Å². The molecule has 0 radical (unpaired) electrons. The number of amides is 3. The lowest BCUT2D eigenvalue weighted by Gasteiger charge is -2.32. The Balaban J connectivity index is 1.59. The molecule has 1 aromatic heterocycles. The molecule has 1 atom stereocenters. The summed E-state index contributed by atoms with van der Waals surface area (Å²) in [7, 11) is 0. The van der Waals surface area contributed by atoms with Crippen LogP contribution in [0.15, 0.2) is 41.0 Å². The number of furan rings is 1. The number of carbonyl (C=O) groups is 3. The van der Waals surface area contributed by atoms with Gasteiger partial charge in [-0.05, 0) is 62.4 Å². The molecule has 1 aromatic carbocycles. The smallest absolute Gasteiger partial charge is 0.259 e. The zero-order chi connectivity index (χ0) is 20.1. The highest BCUT2D eigenvalue weighted by Crippen LogP contribution is 2.23. The Labute approximate surface area is 163 Å². The number of nitrogens with one attached hydrogen (secondary N) is 1. The third kappa shape index (κ3) is 4.79. The lowest BCUT2D eigenvalue weighted by atomic mass is 9.93. The number of nitrogens with two attached hydrogens (primary N) is 1. The predicted molar refractivity (Wildman–Crippen MR) is 105 cm³/mol. The number of nitrogens with zero attached hydrogens (tertiary/aromatic N) is 1. The molecule has 1 unspecified atom stereocenters. The van der Waals surface area contributed by atoms with Crippen molar-refractivity contribution in [3.05, 3.63) is 53.5 Å². The van der Waals surface area contributed by atoms with Gasteiger partial charge in [-0.15, -0.1) is 0 Å². The minimum Gasteiger partial charge on any atom is -0.469 e. The lowest BCUT2D eigenvalue weighted by molar-refractivity contribution is -0.118. The van der Waals surface area contributed by atoms with Crippen molar-refractivity contribution in [1.29, 1.82) is 0 Å². The molecule has 0 bridgehead atoms. The lowest BCUT2D eigenvalue weighted by Crippen LogP contribution is -2.40. The van der Waals surface area contributed by atoms with E-state index in [1.807, 2.05) is 4.90 Å². The van der Waals surface area contributed by atoms with Crippen molar-refractivity contribution in [2.45, 2.75) is 32.6 Å². The highest BCUT2D eigenvalue weighted by molar-refractivity contribution is 6.05. The molecule has 148 valence electrons. The van der Waals surface area contributed by atoms with Crippen LogP contribution in [-0.2, 0) is 4.79 Å². The SMILES string of the molecule is Cc1occc1C(=O)Nc1ccc(C(=O)N2CCCC(CCC(N)=O)C2)cc1. The van der Waals surface area contributed by atoms with E-state index in [2.05, 4.69) is 5.32 Å². The number of piperidine rings is 1. The zero-order valence-electron chi connectivity index (χ0n) is 15.9. The number of benzene rings is 1. The van der Waals surface area contributed by atoms with Gasteiger partial charge in [0.15, 0.2) is 0 Å². The van der Waals surface area contributed by atoms with E-state index in [-0.39, 0.29) is 17.7 Å². The summed E-state index contributed by atoms with van der Waals surface area (Å²) in [6.45, 7) is 3.08. The van der Waals surface area contributed by atoms with Gasteiger partial charge in [0.05, 0.1) is 11.8 Å². The van der Waals surface area contributed by atoms with E-state index in [1.54, 1.807) is 37.3 Å². The summed E-state index contributed by atoms with van der Waals surface area (Å²) in [5, 5.41) is 2.80. The number of carbonyl (C=O) groups excluding carboxylic acids is 3. The number of primary amides is 1. The summed E-state index contributed by atoms with van der Waals surface area (Å²) in [5.41, 5.74) is 6.90. The Bertz CT molecular complexity index is 857. The van der Waals surface area contributed by atoms with Crippen LogP contribution in [-0.4, -0.2) is 35.7 Å². The highest BCUT2D eigenvalue weighted by Gasteiger charge is 2.24.